The molecule has 1 heterocycles. The molecule has 0 aromatic rings. The van der Waals surface area contributed by atoms with E-state index in [1.54, 1.807) is 6.92 Å². The smallest absolute Gasteiger partial charge is 0.256 e. The van der Waals surface area contributed by atoms with Crippen LogP contribution in [0.4, 0.5) is 0 Å². The first-order valence-corrected chi connectivity index (χ1v) is 10.9. The number of unbranched alkanes of at least 4 members (excludes halogenated alkanes) is 12. The van der Waals surface area contributed by atoms with Crippen molar-refractivity contribution >= 4 is 11.8 Å². The van der Waals surface area contributed by atoms with E-state index >= 15 is 0 Å². The van der Waals surface area contributed by atoms with Crippen LogP contribution in [0.25, 0.3) is 0 Å². The van der Waals surface area contributed by atoms with Gasteiger partial charge in [-0.1, -0.05) is 76.9 Å². The van der Waals surface area contributed by atoms with Crippen LogP contribution in [0.3, 0.4) is 0 Å². The number of hydrogen-bond acceptors (Lipinski definition) is 2. The zero-order chi connectivity index (χ0) is 19.0. The summed E-state index contributed by atoms with van der Waals surface area (Å²) in [7, 11) is 0. The molecule has 0 saturated heterocycles. The van der Waals surface area contributed by atoms with Gasteiger partial charge in [-0.25, -0.2) is 0 Å². The van der Waals surface area contributed by atoms with E-state index in [4.69, 9.17) is 0 Å². The molecule has 2 amide bonds. The molecule has 0 fully saturated rings. The Labute approximate surface area is 160 Å². The number of rotatable bonds is 16. The van der Waals surface area contributed by atoms with Crippen LogP contribution >= 0.6 is 0 Å². The monoisotopic (exact) mass is 361 g/mol. The van der Waals surface area contributed by atoms with Gasteiger partial charge in [-0.15, -0.1) is 0 Å². The van der Waals surface area contributed by atoms with E-state index in [9.17, 15) is 9.59 Å². The maximum Gasteiger partial charge on any atom is 0.256 e. The van der Waals surface area contributed by atoms with Gasteiger partial charge in [-0.2, -0.15) is 0 Å². The van der Waals surface area contributed by atoms with Gasteiger partial charge in [0, 0.05) is 18.2 Å². The number of carbonyl (C=O) groups is 2. The van der Waals surface area contributed by atoms with Gasteiger partial charge in [0.2, 0.25) is 0 Å². The Bertz CT molecular complexity index is 465. The summed E-state index contributed by atoms with van der Waals surface area (Å²) in [5.41, 5.74) is 0.569. The zero-order valence-corrected chi connectivity index (χ0v) is 17.1. The van der Waals surface area contributed by atoms with Gasteiger partial charge in [0.1, 0.15) is 0 Å². The van der Waals surface area contributed by atoms with E-state index in [2.05, 4.69) is 19.1 Å². The van der Waals surface area contributed by atoms with Gasteiger partial charge in [0.05, 0.1) is 0 Å². The average molecular weight is 362 g/mol. The van der Waals surface area contributed by atoms with E-state index < -0.39 is 0 Å². The number of amides is 2. The van der Waals surface area contributed by atoms with Gasteiger partial charge in [-0.05, 0) is 39.0 Å². The van der Waals surface area contributed by atoms with Crippen molar-refractivity contribution < 1.29 is 9.59 Å². The summed E-state index contributed by atoms with van der Waals surface area (Å²) in [6, 6.07) is 0. The lowest BCUT2D eigenvalue weighted by atomic mass is 10.1. The van der Waals surface area contributed by atoms with Crippen molar-refractivity contribution in [3.8, 4) is 0 Å². The molecule has 0 bridgehead atoms. The molecule has 0 aromatic heterocycles. The van der Waals surface area contributed by atoms with Crippen LogP contribution in [-0.2, 0) is 9.59 Å². The van der Waals surface area contributed by atoms with Gasteiger partial charge in [0.25, 0.3) is 11.8 Å². The highest BCUT2D eigenvalue weighted by Gasteiger charge is 2.27. The van der Waals surface area contributed by atoms with E-state index in [1.807, 2.05) is 0 Å². The van der Waals surface area contributed by atoms with Crippen LogP contribution in [0.1, 0.15) is 104 Å². The molecule has 3 nitrogen and oxygen atoms in total. The van der Waals surface area contributed by atoms with E-state index in [1.165, 1.54) is 88.0 Å². The number of nitrogens with zero attached hydrogens (tertiary/aromatic N) is 1. The second kappa shape index (κ2) is 14.8. The van der Waals surface area contributed by atoms with Crippen molar-refractivity contribution in [2.24, 2.45) is 0 Å². The standard InChI is InChI=1S/C23H39NO2/c1-3-4-5-6-7-8-9-10-11-12-13-14-15-16-17-18-19-24-22(25)20-21(2)23(24)26/h10-11,20H,3-9,12-19H2,1-2H3/b11-10-. The first kappa shape index (κ1) is 22.7. The number of carbonyl (C=O) groups excluding carboxylic acids is 2. The lowest BCUT2D eigenvalue weighted by Crippen LogP contribution is -2.31. The minimum Gasteiger partial charge on any atom is -0.275 e. The van der Waals surface area contributed by atoms with Crippen molar-refractivity contribution in [3.05, 3.63) is 23.8 Å². The fraction of sp³-hybridized carbons (Fsp3) is 0.739. The number of allylic oxidation sites excluding steroid dienone is 2. The first-order chi connectivity index (χ1) is 12.7. The highest BCUT2D eigenvalue weighted by molar-refractivity contribution is 6.15. The van der Waals surface area contributed by atoms with Crippen molar-refractivity contribution in [1.29, 1.82) is 0 Å². The van der Waals surface area contributed by atoms with Crippen LogP contribution in [0.15, 0.2) is 23.8 Å². The summed E-state index contributed by atoms with van der Waals surface area (Å²) in [6.07, 6.45) is 23.9. The Morgan fingerprint density at radius 3 is 1.77 bits per heavy atom. The van der Waals surface area contributed by atoms with E-state index in [0.29, 0.717) is 12.1 Å². The summed E-state index contributed by atoms with van der Waals surface area (Å²) in [6.45, 7) is 4.55. The highest BCUT2D eigenvalue weighted by atomic mass is 16.2. The minimum absolute atomic E-state index is 0.109. The molecule has 0 N–H and O–H groups in total. The summed E-state index contributed by atoms with van der Waals surface area (Å²) in [5, 5.41) is 0. The Morgan fingerprint density at radius 1 is 0.769 bits per heavy atom. The molecule has 0 saturated carbocycles. The average Bonchev–Trinajstić information content (AvgIpc) is 2.87. The Hall–Kier alpha value is -1.38. The molecule has 1 aliphatic rings. The molecule has 0 atom stereocenters. The Kier molecular flexibility index (Phi) is 12.9. The van der Waals surface area contributed by atoms with Crippen LogP contribution in [0, 0.1) is 0 Å². The second-order valence-corrected chi connectivity index (χ2v) is 7.56. The van der Waals surface area contributed by atoms with Gasteiger partial charge < -0.3 is 0 Å². The second-order valence-electron chi connectivity index (χ2n) is 7.56. The maximum atomic E-state index is 11.7. The largest absolute Gasteiger partial charge is 0.275 e. The third kappa shape index (κ3) is 9.94. The third-order valence-electron chi connectivity index (χ3n) is 5.08. The molecule has 3 heteroatoms. The Morgan fingerprint density at radius 2 is 1.27 bits per heavy atom. The molecule has 0 spiro atoms. The van der Waals surface area contributed by atoms with E-state index in [-0.39, 0.29) is 11.8 Å². The van der Waals surface area contributed by atoms with Crippen LogP contribution in [0.2, 0.25) is 0 Å². The predicted molar refractivity (Wildman–Crippen MR) is 110 cm³/mol. The van der Waals surface area contributed by atoms with Crippen LogP contribution in [-0.4, -0.2) is 23.3 Å². The summed E-state index contributed by atoms with van der Waals surface area (Å²) < 4.78 is 0. The van der Waals surface area contributed by atoms with Gasteiger partial charge >= 0.3 is 0 Å². The van der Waals surface area contributed by atoms with Crippen molar-refractivity contribution in [2.75, 3.05) is 6.54 Å². The van der Waals surface area contributed by atoms with Crippen molar-refractivity contribution in [1.82, 2.24) is 4.90 Å². The minimum atomic E-state index is -0.139. The molecule has 148 valence electrons. The topological polar surface area (TPSA) is 37.4 Å². The molecule has 1 rings (SSSR count). The van der Waals surface area contributed by atoms with Crippen LogP contribution in [0.5, 0.6) is 0 Å². The summed E-state index contributed by atoms with van der Waals surface area (Å²) in [5.74, 6) is -0.247. The predicted octanol–water partition coefficient (Wildman–Crippen LogP) is 6.34. The molecule has 0 aromatic carbocycles. The lowest BCUT2D eigenvalue weighted by Gasteiger charge is -2.13. The van der Waals surface area contributed by atoms with Gasteiger partial charge in [-0.3, -0.25) is 14.5 Å². The zero-order valence-electron chi connectivity index (χ0n) is 17.1. The molecular formula is C23H39NO2. The molecule has 1 aliphatic heterocycles. The first-order valence-electron chi connectivity index (χ1n) is 10.9. The maximum absolute atomic E-state index is 11.7. The number of hydrogen-bond donors (Lipinski definition) is 0. The van der Waals surface area contributed by atoms with Crippen molar-refractivity contribution in [3.63, 3.8) is 0 Å². The van der Waals surface area contributed by atoms with Crippen molar-refractivity contribution in [2.45, 2.75) is 104 Å². The molecule has 0 unspecified atom stereocenters. The molecular weight excluding hydrogens is 322 g/mol. The summed E-state index contributed by atoms with van der Waals surface area (Å²) in [4.78, 5) is 24.7. The Balaban J connectivity index is 1.83. The fourth-order valence-corrected chi connectivity index (χ4v) is 3.37. The lowest BCUT2D eigenvalue weighted by molar-refractivity contribution is -0.137. The molecule has 26 heavy (non-hydrogen) atoms. The van der Waals surface area contributed by atoms with Gasteiger partial charge in [0.15, 0.2) is 0 Å². The van der Waals surface area contributed by atoms with Crippen LogP contribution < -0.4 is 0 Å². The highest BCUT2D eigenvalue weighted by Crippen LogP contribution is 2.14. The SMILES string of the molecule is CCCCCCCC/C=C\CCCCCCCCN1C(=O)C=C(C)C1=O. The third-order valence-corrected chi connectivity index (χ3v) is 5.08. The summed E-state index contributed by atoms with van der Waals surface area (Å²) >= 11 is 0. The normalized spacial score (nSPS) is 14.7. The molecule has 0 aliphatic carbocycles. The molecule has 0 radical (unpaired) electrons. The van der Waals surface area contributed by atoms with E-state index in [0.717, 1.165) is 12.8 Å². The fourth-order valence-electron chi connectivity index (χ4n) is 3.37. The quantitative estimate of drug-likeness (QED) is 0.183. The number of imide groups is 1.